The third-order valence-corrected chi connectivity index (χ3v) is 4.52. The van der Waals surface area contributed by atoms with Crippen LogP contribution in [0.2, 0.25) is 0 Å². The van der Waals surface area contributed by atoms with Crippen molar-refractivity contribution in [1.82, 2.24) is 20.1 Å². The van der Waals surface area contributed by atoms with Crippen LogP contribution in [0.5, 0.6) is 0 Å². The molecule has 0 fully saturated rings. The first kappa shape index (κ1) is 21.0. The topological polar surface area (TPSA) is 88.9 Å². The molecule has 156 valence electrons. The van der Waals surface area contributed by atoms with Gasteiger partial charge in [0.2, 0.25) is 0 Å². The number of nitrogens with zero attached hydrogens (tertiary/aromatic N) is 3. The van der Waals surface area contributed by atoms with E-state index in [1.807, 2.05) is 0 Å². The lowest BCUT2D eigenvalue weighted by atomic mass is 10.1. The van der Waals surface area contributed by atoms with E-state index in [0.717, 1.165) is 11.6 Å². The Morgan fingerprint density at radius 2 is 1.77 bits per heavy atom. The zero-order chi connectivity index (χ0) is 22.1. The molecule has 0 unspecified atom stereocenters. The monoisotopic (exact) mass is 417 g/mol. The van der Waals surface area contributed by atoms with Crippen molar-refractivity contribution in [2.75, 3.05) is 12.4 Å². The summed E-state index contributed by atoms with van der Waals surface area (Å²) in [7, 11) is 1.51. The molecule has 0 bridgehead atoms. The summed E-state index contributed by atoms with van der Waals surface area (Å²) < 4.78 is 39.4. The largest absolute Gasteiger partial charge is 0.417 e. The van der Waals surface area contributed by atoms with Crippen molar-refractivity contribution in [3.63, 3.8) is 0 Å². The molecule has 3 aromatic rings. The molecule has 3 rings (SSSR count). The number of benzene rings is 1. The molecule has 2 heterocycles. The zero-order valence-corrected chi connectivity index (χ0v) is 16.3. The van der Waals surface area contributed by atoms with Gasteiger partial charge in [-0.25, -0.2) is 9.67 Å². The van der Waals surface area contributed by atoms with Crippen LogP contribution in [0.3, 0.4) is 0 Å². The molecular weight excluding hydrogens is 399 g/mol. The number of aryl methyl sites for hydroxylation is 1. The van der Waals surface area contributed by atoms with Gasteiger partial charge in [-0.2, -0.15) is 18.3 Å². The van der Waals surface area contributed by atoms with E-state index in [1.165, 1.54) is 24.0 Å². The molecule has 0 aliphatic carbocycles. The third-order valence-electron chi connectivity index (χ3n) is 4.52. The molecule has 0 saturated carbocycles. The van der Waals surface area contributed by atoms with Crippen LogP contribution in [0.15, 0.2) is 42.7 Å². The number of anilines is 1. The maximum Gasteiger partial charge on any atom is 0.417 e. The van der Waals surface area contributed by atoms with Crippen LogP contribution < -0.4 is 10.6 Å². The highest BCUT2D eigenvalue weighted by atomic mass is 19.4. The molecule has 0 radical (unpaired) electrons. The summed E-state index contributed by atoms with van der Waals surface area (Å²) >= 11 is 0. The molecule has 0 saturated heterocycles. The van der Waals surface area contributed by atoms with Crippen molar-refractivity contribution >= 4 is 17.5 Å². The molecule has 0 atom stereocenters. The minimum Gasteiger partial charge on any atom is -0.355 e. The molecule has 10 heteroatoms. The Labute approximate surface area is 169 Å². The van der Waals surface area contributed by atoms with Gasteiger partial charge in [0.1, 0.15) is 0 Å². The van der Waals surface area contributed by atoms with E-state index in [-0.39, 0.29) is 17.3 Å². The Morgan fingerprint density at radius 3 is 2.37 bits per heavy atom. The van der Waals surface area contributed by atoms with Gasteiger partial charge in [0.25, 0.3) is 11.8 Å². The zero-order valence-electron chi connectivity index (χ0n) is 16.3. The predicted molar refractivity (Wildman–Crippen MR) is 104 cm³/mol. The van der Waals surface area contributed by atoms with E-state index in [1.54, 1.807) is 32.0 Å². The van der Waals surface area contributed by atoms with Gasteiger partial charge in [0, 0.05) is 24.5 Å². The van der Waals surface area contributed by atoms with Crippen molar-refractivity contribution in [2.24, 2.45) is 0 Å². The quantitative estimate of drug-likeness (QED) is 0.680. The standard InChI is InChI=1S/C20H18F3N5O2/c1-11-4-5-13(18(29)24-3)8-16(11)27-19(30)15-10-26-28(12(15)2)17-7-6-14(9-25-17)20(21,22)23/h4-10H,1-3H3,(H,24,29)(H,27,30). The SMILES string of the molecule is CNC(=O)c1ccc(C)c(NC(=O)c2cnn(-c3ccc(C(F)(F)F)cn3)c2C)c1. The summed E-state index contributed by atoms with van der Waals surface area (Å²) in [6.45, 7) is 3.39. The number of halogens is 3. The second-order valence-corrected chi connectivity index (χ2v) is 6.52. The molecule has 0 aliphatic rings. The second-order valence-electron chi connectivity index (χ2n) is 6.52. The summed E-state index contributed by atoms with van der Waals surface area (Å²) in [6.07, 6.45) is -2.47. The number of hydrogen-bond acceptors (Lipinski definition) is 4. The fraction of sp³-hybridized carbons (Fsp3) is 0.200. The maximum absolute atomic E-state index is 12.7. The van der Waals surface area contributed by atoms with Crippen LogP contribution in [0, 0.1) is 13.8 Å². The number of rotatable bonds is 4. The van der Waals surface area contributed by atoms with Crippen LogP contribution in [0.4, 0.5) is 18.9 Å². The molecule has 7 nitrogen and oxygen atoms in total. The molecule has 2 aromatic heterocycles. The van der Waals surface area contributed by atoms with E-state index in [9.17, 15) is 22.8 Å². The highest BCUT2D eigenvalue weighted by Crippen LogP contribution is 2.29. The maximum atomic E-state index is 12.7. The number of carbonyl (C=O) groups excluding carboxylic acids is 2. The van der Waals surface area contributed by atoms with Crippen molar-refractivity contribution in [1.29, 1.82) is 0 Å². The van der Waals surface area contributed by atoms with Crippen LogP contribution in [0.25, 0.3) is 5.82 Å². The smallest absolute Gasteiger partial charge is 0.355 e. The number of alkyl halides is 3. The van der Waals surface area contributed by atoms with Gasteiger partial charge in [0.15, 0.2) is 5.82 Å². The number of nitrogens with one attached hydrogen (secondary N) is 2. The van der Waals surface area contributed by atoms with Crippen molar-refractivity contribution < 1.29 is 22.8 Å². The Morgan fingerprint density at radius 1 is 1.03 bits per heavy atom. The lowest BCUT2D eigenvalue weighted by Crippen LogP contribution is -2.19. The van der Waals surface area contributed by atoms with Crippen LogP contribution in [-0.4, -0.2) is 33.6 Å². The Hall–Kier alpha value is -3.69. The Kier molecular flexibility index (Phi) is 5.59. The van der Waals surface area contributed by atoms with E-state index in [0.29, 0.717) is 23.1 Å². The molecule has 1 aromatic carbocycles. The summed E-state index contributed by atoms with van der Waals surface area (Å²) in [5.41, 5.74) is 1.35. The number of aromatic nitrogens is 3. The fourth-order valence-electron chi connectivity index (χ4n) is 2.77. The third kappa shape index (κ3) is 4.17. The van der Waals surface area contributed by atoms with Crippen molar-refractivity contribution in [3.8, 4) is 5.82 Å². The minimum absolute atomic E-state index is 0.150. The fourth-order valence-corrected chi connectivity index (χ4v) is 2.77. The van der Waals surface area contributed by atoms with Gasteiger partial charge in [-0.15, -0.1) is 0 Å². The normalized spacial score (nSPS) is 11.3. The first-order valence-electron chi connectivity index (χ1n) is 8.84. The second kappa shape index (κ2) is 7.97. The van der Waals surface area contributed by atoms with Gasteiger partial charge in [-0.1, -0.05) is 6.07 Å². The van der Waals surface area contributed by atoms with Crippen molar-refractivity contribution in [3.05, 3.63) is 70.7 Å². The average Bonchev–Trinajstić information content (AvgIpc) is 3.10. The van der Waals surface area contributed by atoms with Gasteiger partial charge in [-0.3, -0.25) is 9.59 Å². The molecular formula is C20H18F3N5O2. The first-order chi connectivity index (χ1) is 14.1. The first-order valence-corrected chi connectivity index (χ1v) is 8.84. The lowest BCUT2D eigenvalue weighted by molar-refractivity contribution is -0.137. The van der Waals surface area contributed by atoms with Gasteiger partial charge < -0.3 is 10.6 Å². The van der Waals surface area contributed by atoms with Crippen LogP contribution >= 0.6 is 0 Å². The summed E-state index contributed by atoms with van der Waals surface area (Å²) in [4.78, 5) is 28.3. The summed E-state index contributed by atoms with van der Waals surface area (Å²) in [6, 6.07) is 6.99. The summed E-state index contributed by atoms with van der Waals surface area (Å²) in [5.74, 6) is -0.608. The van der Waals surface area contributed by atoms with E-state index >= 15 is 0 Å². The highest BCUT2D eigenvalue weighted by molar-refractivity contribution is 6.06. The van der Waals surface area contributed by atoms with E-state index in [4.69, 9.17) is 0 Å². The van der Waals surface area contributed by atoms with Crippen LogP contribution in [-0.2, 0) is 6.18 Å². The van der Waals surface area contributed by atoms with Crippen LogP contribution in [0.1, 0.15) is 37.5 Å². The molecule has 30 heavy (non-hydrogen) atoms. The Bertz CT molecular complexity index is 1100. The minimum atomic E-state index is -4.49. The van der Waals surface area contributed by atoms with Gasteiger partial charge >= 0.3 is 6.18 Å². The lowest BCUT2D eigenvalue weighted by Gasteiger charge is -2.11. The number of carbonyl (C=O) groups is 2. The highest BCUT2D eigenvalue weighted by Gasteiger charge is 2.30. The molecule has 0 aliphatic heterocycles. The van der Waals surface area contributed by atoms with Gasteiger partial charge in [0.05, 0.1) is 23.0 Å². The van der Waals surface area contributed by atoms with E-state index in [2.05, 4.69) is 20.7 Å². The predicted octanol–water partition coefficient (Wildman–Crippen LogP) is 3.51. The van der Waals surface area contributed by atoms with Crippen molar-refractivity contribution in [2.45, 2.75) is 20.0 Å². The molecule has 2 N–H and O–H groups in total. The number of amides is 2. The number of pyridine rings is 1. The number of hydrogen-bond donors (Lipinski definition) is 2. The average molecular weight is 417 g/mol. The Balaban J connectivity index is 1.86. The summed E-state index contributed by atoms with van der Waals surface area (Å²) in [5, 5.41) is 9.32. The molecule has 2 amide bonds. The molecule has 0 spiro atoms. The van der Waals surface area contributed by atoms with E-state index < -0.39 is 17.6 Å². The van der Waals surface area contributed by atoms with Gasteiger partial charge in [-0.05, 0) is 43.7 Å².